The number of H-pyrrole nitrogens is 1. The molecule has 1 heterocycles. The summed E-state index contributed by atoms with van der Waals surface area (Å²) in [6.07, 6.45) is 7.91. The number of thioether (sulfide) groups is 1. The maximum Gasteiger partial charge on any atom is 0.234 e. The van der Waals surface area contributed by atoms with Crippen molar-refractivity contribution in [2.75, 3.05) is 16.4 Å². The zero-order chi connectivity index (χ0) is 15.9. The Morgan fingerprint density at radius 2 is 1.91 bits per heavy atom. The molecule has 1 fully saturated rings. The van der Waals surface area contributed by atoms with Crippen LogP contribution >= 0.6 is 11.8 Å². The monoisotopic (exact) mass is 331 g/mol. The fraction of sp³-hybridized carbons (Fsp3) is 0.438. The number of rotatable bonds is 6. The first-order chi connectivity index (χ1) is 11.3. The molecular weight excluding hydrogens is 310 g/mol. The summed E-state index contributed by atoms with van der Waals surface area (Å²) in [6.45, 7) is 0. The zero-order valence-electron chi connectivity index (χ0n) is 12.9. The molecule has 0 radical (unpaired) electrons. The van der Waals surface area contributed by atoms with Gasteiger partial charge < -0.3 is 10.6 Å². The molecule has 3 rings (SSSR count). The van der Waals surface area contributed by atoms with Crippen LogP contribution < -0.4 is 10.6 Å². The van der Waals surface area contributed by atoms with Gasteiger partial charge in [-0.2, -0.15) is 5.10 Å². The molecule has 1 saturated carbocycles. The summed E-state index contributed by atoms with van der Waals surface area (Å²) in [6, 6.07) is 8.49. The first kappa shape index (κ1) is 15.9. The zero-order valence-corrected chi connectivity index (χ0v) is 13.7. The van der Waals surface area contributed by atoms with Gasteiger partial charge in [-0.15, -0.1) is 0 Å². The second kappa shape index (κ2) is 8.01. The van der Waals surface area contributed by atoms with Gasteiger partial charge in [0.25, 0.3) is 0 Å². The number of benzene rings is 1. The van der Waals surface area contributed by atoms with E-state index in [1.165, 1.54) is 50.2 Å². The van der Waals surface area contributed by atoms with Crippen LogP contribution in [0.25, 0.3) is 0 Å². The average Bonchev–Trinajstić information content (AvgIpc) is 3.09. The third-order valence-electron chi connectivity index (χ3n) is 3.88. The van der Waals surface area contributed by atoms with Crippen LogP contribution in [-0.4, -0.2) is 32.9 Å². The number of anilines is 2. The van der Waals surface area contributed by atoms with Crippen molar-refractivity contribution in [3.05, 3.63) is 30.6 Å². The summed E-state index contributed by atoms with van der Waals surface area (Å²) in [5, 5.41) is 13.6. The number of hydrogen-bond acceptors (Lipinski definition) is 5. The summed E-state index contributed by atoms with van der Waals surface area (Å²) < 4.78 is 0. The Labute approximate surface area is 139 Å². The number of nitrogens with zero attached hydrogens (tertiary/aromatic N) is 2. The van der Waals surface area contributed by atoms with Gasteiger partial charge in [-0.3, -0.25) is 9.89 Å². The van der Waals surface area contributed by atoms with Crippen molar-refractivity contribution >= 4 is 29.0 Å². The molecule has 2 aromatic rings. The van der Waals surface area contributed by atoms with Crippen molar-refractivity contribution in [1.29, 1.82) is 0 Å². The standard InChI is InChI=1S/C16H21N5OS/c22-15(10-23-16-17-11-18-21-16)20-14-8-6-13(7-9-14)19-12-4-2-1-3-5-12/h6-9,11-12,19H,1-5,10H2,(H,20,22)(H,17,18,21). The van der Waals surface area contributed by atoms with E-state index in [1.54, 1.807) is 0 Å². The van der Waals surface area contributed by atoms with Crippen LogP contribution in [0.1, 0.15) is 32.1 Å². The molecular formula is C16H21N5OS. The maximum absolute atomic E-state index is 11.9. The Morgan fingerprint density at radius 3 is 2.61 bits per heavy atom. The molecule has 0 unspecified atom stereocenters. The van der Waals surface area contributed by atoms with Gasteiger partial charge in [0.15, 0.2) is 5.16 Å². The van der Waals surface area contributed by atoms with Gasteiger partial charge in [0.05, 0.1) is 5.75 Å². The highest BCUT2D eigenvalue weighted by atomic mass is 32.2. The minimum Gasteiger partial charge on any atom is -0.382 e. The highest BCUT2D eigenvalue weighted by molar-refractivity contribution is 7.99. The maximum atomic E-state index is 11.9. The van der Waals surface area contributed by atoms with Gasteiger partial charge in [0.2, 0.25) is 5.91 Å². The Balaban J connectivity index is 1.45. The van der Waals surface area contributed by atoms with Crippen molar-refractivity contribution in [2.24, 2.45) is 0 Å². The molecule has 1 aliphatic carbocycles. The number of carbonyl (C=O) groups is 1. The van der Waals surface area contributed by atoms with Gasteiger partial charge in [-0.05, 0) is 37.1 Å². The van der Waals surface area contributed by atoms with Crippen molar-refractivity contribution in [3.63, 3.8) is 0 Å². The van der Waals surface area contributed by atoms with E-state index in [1.807, 2.05) is 24.3 Å². The Kier molecular flexibility index (Phi) is 5.52. The van der Waals surface area contributed by atoms with Gasteiger partial charge in [0.1, 0.15) is 6.33 Å². The van der Waals surface area contributed by atoms with Crippen molar-refractivity contribution in [3.8, 4) is 0 Å². The van der Waals surface area contributed by atoms with Crippen LogP contribution in [0.3, 0.4) is 0 Å². The molecule has 1 aromatic carbocycles. The minimum atomic E-state index is -0.0561. The van der Waals surface area contributed by atoms with Crippen LogP contribution in [0, 0.1) is 0 Å². The summed E-state index contributed by atoms with van der Waals surface area (Å²) in [4.78, 5) is 15.9. The van der Waals surface area contributed by atoms with Crippen molar-refractivity contribution < 1.29 is 4.79 Å². The molecule has 7 heteroatoms. The lowest BCUT2D eigenvalue weighted by molar-refractivity contribution is -0.113. The summed E-state index contributed by atoms with van der Waals surface area (Å²) >= 11 is 1.33. The molecule has 3 N–H and O–H groups in total. The van der Waals surface area contributed by atoms with Crippen LogP contribution in [0.5, 0.6) is 0 Å². The summed E-state index contributed by atoms with van der Waals surface area (Å²) in [5.74, 6) is 0.247. The smallest absolute Gasteiger partial charge is 0.234 e. The first-order valence-electron chi connectivity index (χ1n) is 7.94. The van der Waals surface area contributed by atoms with E-state index in [2.05, 4.69) is 25.8 Å². The Hall–Kier alpha value is -2.02. The van der Waals surface area contributed by atoms with E-state index >= 15 is 0 Å². The molecule has 6 nitrogen and oxygen atoms in total. The second-order valence-electron chi connectivity index (χ2n) is 5.68. The fourth-order valence-corrected chi connectivity index (χ4v) is 3.31. The molecule has 0 spiro atoms. The van der Waals surface area contributed by atoms with E-state index in [0.717, 1.165) is 11.4 Å². The van der Waals surface area contributed by atoms with Gasteiger partial charge >= 0.3 is 0 Å². The largest absolute Gasteiger partial charge is 0.382 e. The van der Waals surface area contributed by atoms with Crippen molar-refractivity contribution in [2.45, 2.75) is 43.3 Å². The van der Waals surface area contributed by atoms with Gasteiger partial charge in [-0.25, -0.2) is 4.98 Å². The number of hydrogen-bond donors (Lipinski definition) is 3. The molecule has 0 saturated heterocycles. The molecule has 0 atom stereocenters. The topological polar surface area (TPSA) is 82.7 Å². The Morgan fingerprint density at radius 1 is 1.17 bits per heavy atom. The number of carbonyl (C=O) groups excluding carboxylic acids is 1. The number of nitrogens with one attached hydrogen (secondary N) is 3. The van der Waals surface area contributed by atoms with Crippen LogP contribution in [-0.2, 0) is 4.79 Å². The third-order valence-corrected chi connectivity index (χ3v) is 4.75. The third kappa shape index (κ3) is 4.99. The van der Waals surface area contributed by atoms with E-state index in [-0.39, 0.29) is 5.91 Å². The summed E-state index contributed by atoms with van der Waals surface area (Å²) in [7, 11) is 0. The van der Waals surface area contributed by atoms with Gasteiger partial charge in [-0.1, -0.05) is 31.0 Å². The van der Waals surface area contributed by atoms with Crippen LogP contribution in [0.4, 0.5) is 11.4 Å². The summed E-state index contributed by atoms with van der Waals surface area (Å²) in [5.41, 5.74) is 1.92. The van der Waals surface area contributed by atoms with Crippen LogP contribution in [0.2, 0.25) is 0 Å². The molecule has 1 amide bonds. The van der Waals surface area contributed by atoms with Gasteiger partial charge in [0, 0.05) is 17.4 Å². The molecule has 0 aliphatic heterocycles. The number of aromatic nitrogens is 3. The number of aromatic amines is 1. The van der Waals surface area contributed by atoms with E-state index in [4.69, 9.17) is 0 Å². The lowest BCUT2D eigenvalue weighted by Gasteiger charge is -2.23. The predicted molar refractivity (Wildman–Crippen MR) is 92.7 cm³/mol. The van der Waals surface area contributed by atoms with Crippen LogP contribution in [0.15, 0.2) is 35.7 Å². The van der Waals surface area contributed by atoms with E-state index in [0.29, 0.717) is 17.0 Å². The lowest BCUT2D eigenvalue weighted by Crippen LogP contribution is -2.22. The Bertz CT molecular complexity index is 608. The number of amides is 1. The highest BCUT2D eigenvalue weighted by Gasteiger charge is 2.12. The second-order valence-corrected chi connectivity index (χ2v) is 6.65. The lowest BCUT2D eigenvalue weighted by atomic mass is 9.95. The normalized spacial score (nSPS) is 15.3. The SMILES string of the molecule is O=C(CSc1ncn[nH]1)Nc1ccc(NC2CCCCC2)cc1. The van der Waals surface area contributed by atoms with Crippen molar-refractivity contribution in [1.82, 2.24) is 15.2 Å². The van der Waals surface area contributed by atoms with E-state index < -0.39 is 0 Å². The fourth-order valence-electron chi connectivity index (χ4n) is 2.73. The predicted octanol–water partition coefficient (Wildman–Crippen LogP) is 3.28. The molecule has 23 heavy (non-hydrogen) atoms. The molecule has 122 valence electrons. The molecule has 0 bridgehead atoms. The first-order valence-corrected chi connectivity index (χ1v) is 8.93. The highest BCUT2D eigenvalue weighted by Crippen LogP contribution is 2.22. The average molecular weight is 331 g/mol. The minimum absolute atomic E-state index is 0.0561. The van der Waals surface area contributed by atoms with E-state index in [9.17, 15) is 4.79 Å². The quantitative estimate of drug-likeness (QED) is 0.708. The molecule has 1 aliphatic rings. The molecule has 1 aromatic heterocycles.